The number of aromatic nitrogens is 3. The van der Waals surface area contributed by atoms with E-state index in [0.29, 0.717) is 0 Å². The van der Waals surface area contributed by atoms with E-state index in [1.807, 2.05) is 56.3 Å². The molecule has 3 aromatic rings. The number of benzene rings is 2. The van der Waals surface area contributed by atoms with Crippen LogP contribution in [-0.2, 0) is 0 Å². The van der Waals surface area contributed by atoms with Gasteiger partial charge in [-0.25, -0.2) is 9.89 Å². The standard InChI is InChI=1S/C18H18N4O2/c1-11-8-9-14(10-12(11)2)15(13-6-4-3-5-7-13)19-17(23)16-20-18(24)22-21-16/h3-10,15H,1-2H3,(H,19,23)(H2,20,21,22,24). The van der Waals surface area contributed by atoms with Crippen LogP contribution in [0.25, 0.3) is 0 Å². The minimum absolute atomic E-state index is 0.0373. The molecule has 0 aliphatic heterocycles. The van der Waals surface area contributed by atoms with E-state index in [1.54, 1.807) is 0 Å². The molecule has 1 amide bonds. The molecule has 0 aliphatic carbocycles. The normalized spacial score (nSPS) is 11.9. The van der Waals surface area contributed by atoms with E-state index < -0.39 is 11.6 Å². The number of H-pyrrole nitrogens is 2. The van der Waals surface area contributed by atoms with Crippen molar-refractivity contribution in [1.29, 1.82) is 0 Å². The van der Waals surface area contributed by atoms with Crippen molar-refractivity contribution in [2.45, 2.75) is 19.9 Å². The molecule has 2 aromatic carbocycles. The lowest BCUT2D eigenvalue weighted by Gasteiger charge is -2.20. The lowest BCUT2D eigenvalue weighted by Crippen LogP contribution is -2.30. The van der Waals surface area contributed by atoms with Crippen LogP contribution in [0.5, 0.6) is 0 Å². The summed E-state index contributed by atoms with van der Waals surface area (Å²) in [5.74, 6) is -0.481. The van der Waals surface area contributed by atoms with Gasteiger partial charge in [-0.3, -0.25) is 9.78 Å². The van der Waals surface area contributed by atoms with Gasteiger partial charge in [0.05, 0.1) is 6.04 Å². The molecule has 6 heteroatoms. The molecule has 0 bridgehead atoms. The molecule has 1 heterocycles. The summed E-state index contributed by atoms with van der Waals surface area (Å²) in [6.07, 6.45) is 0. The second kappa shape index (κ2) is 6.54. The minimum atomic E-state index is -0.511. The number of hydrogen-bond donors (Lipinski definition) is 3. The molecular formula is C18H18N4O2. The Morgan fingerprint density at radius 1 is 1.04 bits per heavy atom. The molecule has 0 aliphatic rings. The average Bonchev–Trinajstić information content (AvgIpc) is 3.02. The molecule has 6 nitrogen and oxygen atoms in total. The van der Waals surface area contributed by atoms with E-state index in [2.05, 4.69) is 26.6 Å². The van der Waals surface area contributed by atoms with Gasteiger partial charge in [-0.05, 0) is 36.1 Å². The van der Waals surface area contributed by atoms with Gasteiger partial charge in [0.2, 0.25) is 5.82 Å². The molecule has 1 atom stereocenters. The molecule has 122 valence electrons. The zero-order valence-electron chi connectivity index (χ0n) is 13.5. The SMILES string of the molecule is Cc1ccc(C(NC(=O)c2n[nH]c(=O)[nH]2)c2ccccc2)cc1C. The minimum Gasteiger partial charge on any atom is -0.338 e. The van der Waals surface area contributed by atoms with Gasteiger partial charge in [0, 0.05) is 0 Å². The summed E-state index contributed by atoms with van der Waals surface area (Å²) in [5, 5.41) is 8.81. The summed E-state index contributed by atoms with van der Waals surface area (Å²) in [7, 11) is 0. The van der Waals surface area contributed by atoms with Gasteiger partial charge in [-0.15, -0.1) is 5.10 Å². The fourth-order valence-corrected chi connectivity index (χ4v) is 2.53. The van der Waals surface area contributed by atoms with Crippen molar-refractivity contribution in [2.75, 3.05) is 0 Å². The van der Waals surface area contributed by atoms with E-state index in [0.717, 1.165) is 16.7 Å². The van der Waals surface area contributed by atoms with Gasteiger partial charge >= 0.3 is 5.69 Å². The molecule has 1 aromatic heterocycles. The number of rotatable bonds is 4. The Hall–Kier alpha value is -3.15. The van der Waals surface area contributed by atoms with Crippen LogP contribution in [0.4, 0.5) is 0 Å². The van der Waals surface area contributed by atoms with Crippen molar-refractivity contribution in [1.82, 2.24) is 20.5 Å². The molecule has 3 N–H and O–H groups in total. The van der Waals surface area contributed by atoms with Crippen LogP contribution < -0.4 is 11.0 Å². The van der Waals surface area contributed by atoms with Crippen LogP contribution in [0.15, 0.2) is 53.3 Å². The van der Waals surface area contributed by atoms with Crippen LogP contribution >= 0.6 is 0 Å². The monoisotopic (exact) mass is 322 g/mol. The van der Waals surface area contributed by atoms with E-state index in [1.165, 1.54) is 5.56 Å². The van der Waals surface area contributed by atoms with Crippen molar-refractivity contribution < 1.29 is 4.79 Å². The van der Waals surface area contributed by atoms with Crippen molar-refractivity contribution in [3.05, 3.63) is 87.1 Å². The third kappa shape index (κ3) is 3.27. The number of carbonyl (C=O) groups excluding carboxylic acids is 1. The van der Waals surface area contributed by atoms with E-state index in [9.17, 15) is 9.59 Å². The van der Waals surface area contributed by atoms with E-state index in [-0.39, 0.29) is 11.9 Å². The van der Waals surface area contributed by atoms with Crippen LogP contribution in [0.2, 0.25) is 0 Å². The zero-order valence-corrected chi connectivity index (χ0v) is 13.5. The number of amides is 1. The quantitative estimate of drug-likeness (QED) is 0.688. The largest absolute Gasteiger partial charge is 0.341 e. The second-order valence-corrected chi connectivity index (χ2v) is 5.69. The third-order valence-electron chi connectivity index (χ3n) is 3.99. The molecule has 24 heavy (non-hydrogen) atoms. The van der Waals surface area contributed by atoms with Gasteiger partial charge in [0.25, 0.3) is 5.91 Å². The second-order valence-electron chi connectivity index (χ2n) is 5.69. The zero-order chi connectivity index (χ0) is 17.1. The Bertz CT molecular complexity index is 912. The molecular weight excluding hydrogens is 304 g/mol. The van der Waals surface area contributed by atoms with Gasteiger partial charge in [-0.2, -0.15) is 0 Å². The Labute approximate surface area is 138 Å². The topological polar surface area (TPSA) is 90.6 Å². The summed E-state index contributed by atoms with van der Waals surface area (Å²) < 4.78 is 0. The predicted molar refractivity (Wildman–Crippen MR) is 90.9 cm³/mol. The molecule has 0 saturated carbocycles. The first-order chi connectivity index (χ1) is 11.5. The summed E-state index contributed by atoms with van der Waals surface area (Å²) in [6.45, 7) is 4.08. The summed E-state index contributed by atoms with van der Waals surface area (Å²) >= 11 is 0. The highest BCUT2D eigenvalue weighted by Gasteiger charge is 2.20. The maximum Gasteiger partial charge on any atom is 0.341 e. The lowest BCUT2D eigenvalue weighted by atomic mass is 9.95. The molecule has 0 fully saturated rings. The number of nitrogens with zero attached hydrogens (tertiary/aromatic N) is 1. The Morgan fingerprint density at radius 2 is 1.79 bits per heavy atom. The summed E-state index contributed by atoms with van der Waals surface area (Å²) in [4.78, 5) is 25.9. The number of nitrogens with one attached hydrogen (secondary N) is 3. The van der Waals surface area contributed by atoms with E-state index in [4.69, 9.17) is 0 Å². The first kappa shape index (κ1) is 15.7. The summed E-state index contributed by atoms with van der Waals surface area (Å²) in [5.41, 5.74) is 3.74. The van der Waals surface area contributed by atoms with Crippen molar-refractivity contribution in [3.63, 3.8) is 0 Å². The fraction of sp³-hybridized carbons (Fsp3) is 0.167. The molecule has 0 spiro atoms. The predicted octanol–water partition coefficient (Wildman–Crippen LogP) is 2.23. The maximum absolute atomic E-state index is 12.4. The Kier molecular flexibility index (Phi) is 4.29. The first-order valence-corrected chi connectivity index (χ1v) is 7.62. The number of aromatic amines is 2. The highest BCUT2D eigenvalue weighted by molar-refractivity contribution is 5.90. The average molecular weight is 322 g/mol. The van der Waals surface area contributed by atoms with Crippen molar-refractivity contribution >= 4 is 5.91 Å². The van der Waals surface area contributed by atoms with Crippen LogP contribution in [-0.4, -0.2) is 21.1 Å². The first-order valence-electron chi connectivity index (χ1n) is 7.62. The van der Waals surface area contributed by atoms with Crippen LogP contribution in [0.3, 0.4) is 0 Å². The molecule has 0 saturated heterocycles. The number of carbonyl (C=O) groups is 1. The number of aryl methyl sites for hydroxylation is 2. The molecule has 3 rings (SSSR count). The van der Waals surface area contributed by atoms with Crippen molar-refractivity contribution in [3.8, 4) is 0 Å². The van der Waals surface area contributed by atoms with Crippen molar-refractivity contribution in [2.24, 2.45) is 0 Å². The maximum atomic E-state index is 12.4. The highest BCUT2D eigenvalue weighted by Crippen LogP contribution is 2.24. The smallest absolute Gasteiger partial charge is 0.338 e. The lowest BCUT2D eigenvalue weighted by molar-refractivity contribution is 0.0933. The Balaban J connectivity index is 1.97. The molecule has 1 unspecified atom stereocenters. The van der Waals surface area contributed by atoms with Gasteiger partial charge in [0.1, 0.15) is 0 Å². The highest BCUT2D eigenvalue weighted by atomic mass is 16.2. The van der Waals surface area contributed by atoms with Gasteiger partial charge < -0.3 is 5.32 Å². The Morgan fingerprint density at radius 3 is 2.42 bits per heavy atom. The fourth-order valence-electron chi connectivity index (χ4n) is 2.53. The van der Waals surface area contributed by atoms with E-state index >= 15 is 0 Å². The molecule has 0 radical (unpaired) electrons. The van der Waals surface area contributed by atoms with Gasteiger partial charge in [-0.1, -0.05) is 48.5 Å². The summed E-state index contributed by atoms with van der Waals surface area (Å²) in [6, 6.07) is 15.4. The third-order valence-corrected chi connectivity index (χ3v) is 3.99. The van der Waals surface area contributed by atoms with Crippen LogP contribution in [0.1, 0.15) is 38.9 Å². The van der Waals surface area contributed by atoms with Crippen LogP contribution in [0, 0.1) is 13.8 Å². The number of hydrogen-bond acceptors (Lipinski definition) is 3. The van der Waals surface area contributed by atoms with Gasteiger partial charge in [0.15, 0.2) is 0 Å².